The van der Waals surface area contributed by atoms with Gasteiger partial charge in [-0.2, -0.15) is 0 Å². The number of hydrogen-bond acceptors (Lipinski definition) is 3. The Labute approximate surface area is 149 Å². The largest absolute Gasteiger partial charge is 0.494 e. The minimum Gasteiger partial charge on any atom is -0.494 e. The van der Waals surface area contributed by atoms with Crippen molar-refractivity contribution in [1.82, 2.24) is 5.32 Å². The molecule has 1 atom stereocenters. The van der Waals surface area contributed by atoms with Gasteiger partial charge in [0.25, 0.3) is 0 Å². The maximum absolute atomic E-state index is 5.60. The summed E-state index contributed by atoms with van der Waals surface area (Å²) in [7, 11) is 0. The van der Waals surface area contributed by atoms with E-state index in [0.717, 1.165) is 22.7 Å². The molecule has 24 heavy (non-hydrogen) atoms. The molecule has 0 bridgehead atoms. The number of para-hydroxylation sites is 2. The van der Waals surface area contributed by atoms with Gasteiger partial charge in [0, 0.05) is 0 Å². The third kappa shape index (κ3) is 5.13. The summed E-state index contributed by atoms with van der Waals surface area (Å²) >= 11 is 5.42. The molecule has 0 unspecified atom stereocenters. The van der Waals surface area contributed by atoms with Crippen molar-refractivity contribution < 1.29 is 9.47 Å². The monoisotopic (exact) mass is 344 g/mol. The molecule has 0 radical (unpaired) electrons. The minimum atomic E-state index is 0.0833. The van der Waals surface area contributed by atoms with Crippen LogP contribution in [-0.4, -0.2) is 18.3 Å². The van der Waals surface area contributed by atoms with E-state index >= 15 is 0 Å². The lowest BCUT2D eigenvalue weighted by molar-refractivity contribution is 0.340. The van der Waals surface area contributed by atoms with Crippen LogP contribution in [0.2, 0.25) is 0 Å². The third-order valence-electron chi connectivity index (χ3n) is 3.47. The molecule has 0 aliphatic rings. The van der Waals surface area contributed by atoms with Crippen LogP contribution in [0.3, 0.4) is 0 Å². The second-order valence-corrected chi connectivity index (χ2v) is 5.66. The average molecular weight is 344 g/mol. The van der Waals surface area contributed by atoms with Crippen LogP contribution in [0.4, 0.5) is 5.69 Å². The Morgan fingerprint density at radius 1 is 1.00 bits per heavy atom. The Morgan fingerprint density at radius 3 is 2.33 bits per heavy atom. The molecule has 4 nitrogen and oxygen atoms in total. The van der Waals surface area contributed by atoms with E-state index in [0.29, 0.717) is 18.3 Å². The summed E-state index contributed by atoms with van der Waals surface area (Å²) in [4.78, 5) is 0. The van der Waals surface area contributed by atoms with Gasteiger partial charge >= 0.3 is 0 Å². The normalized spacial score (nSPS) is 11.5. The highest BCUT2D eigenvalue weighted by Gasteiger charge is 2.09. The Balaban J connectivity index is 1.96. The number of benzene rings is 2. The first-order valence-corrected chi connectivity index (χ1v) is 8.57. The number of hydrogen-bond donors (Lipinski definition) is 2. The van der Waals surface area contributed by atoms with Crippen LogP contribution < -0.4 is 20.1 Å². The van der Waals surface area contributed by atoms with E-state index in [1.165, 1.54) is 0 Å². The quantitative estimate of drug-likeness (QED) is 0.722. The Bertz CT molecular complexity index is 659. The first-order valence-electron chi connectivity index (χ1n) is 8.16. The van der Waals surface area contributed by atoms with Gasteiger partial charge in [0.15, 0.2) is 5.11 Å². The van der Waals surface area contributed by atoms with Crippen molar-refractivity contribution in [2.24, 2.45) is 0 Å². The third-order valence-corrected chi connectivity index (χ3v) is 3.69. The van der Waals surface area contributed by atoms with Crippen LogP contribution in [0, 0.1) is 0 Å². The zero-order valence-corrected chi connectivity index (χ0v) is 15.2. The molecule has 0 heterocycles. The van der Waals surface area contributed by atoms with E-state index in [9.17, 15) is 0 Å². The molecule has 5 heteroatoms. The molecule has 0 saturated carbocycles. The zero-order valence-electron chi connectivity index (χ0n) is 14.3. The van der Waals surface area contributed by atoms with Gasteiger partial charge in [-0.25, -0.2) is 0 Å². The highest BCUT2D eigenvalue weighted by Crippen LogP contribution is 2.24. The SMILES string of the molecule is CCOc1ccc([C@H](C)NC(=S)Nc2ccccc2OCC)cc1. The summed E-state index contributed by atoms with van der Waals surface area (Å²) in [5, 5.41) is 7.05. The molecule has 2 aromatic carbocycles. The predicted octanol–water partition coefficient (Wildman–Crippen LogP) is 4.53. The van der Waals surface area contributed by atoms with Gasteiger partial charge in [0.2, 0.25) is 0 Å². The topological polar surface area (TPSA) is 42.5 Å². The number of ether oxygens (including phenoxy) is 2. The summed E-state index contributed by atoms with van der Waals surface area (Å²) in [5.41, 5.74) is 2.00. The smallest absolute Gasteiger partial charge is 0.171 e. The number of rotatable bonds is 7. The van der Waals surface area contributed by atoms with E-state index in [4.69, 9.17) is 21.7 Å². The fourth-order valence-corrected chi connectivity index (χ4v) is 2.60. The molecular formula is C19H24N2O2S. The predicted molar refractivity (Wildman–Crippen MR) is 103 cm³/mol. The number of nitrogens with one attached hydrogen (secondary N) is 2. The van der Waals surface area contributed by atoms with Crippen molar-refractivity contribution in [2.75, 3.05) is 18.5 Å². The summed E-state index contributed by atoms with van der Waals surface area (Å²) in [6.45, 7) is 7.28. The van der Waals surface area contributed by atoms with Crippen LogP contribution in [0.15, 0.2) is 48.5 Å². The van der Waals surface area contributed by atoms with Crippen LogP contribution >= 0.6 is 12.2 Å². The summed E-state index contributed by atoms with van der Waals surface area (Å²) in [6.07, 6.45) is 0. The molecule has 2 rings (SSSR count). The highest BCUT2D eigenvalue weighted by atomic mass is 32.1. The van der Waals surface area contributed by atoms with Crippen molar-refractivity contribution in [3.8, 4) is 11.5 Å². The molecule has 2 aromatic rings. The van der Waals surface area contributed by atoms with Gasteiger partial charge in [-0.15, -0.1) is 0 Å². The van der Waals surface area contributed by atoms with Crippen molar-refractivity contribution in [3.05, 3.63) is 54.1 Å². The van der Waals surface area contributed by atoms with Gasteiger partial charge in [-0.05, 0) is 62.8 Å². The van der Waals surface area contributed by atoms with Crippen molar-refractivity contribution in [2.45, 2.75) is 26.8 Å². The average Bonchev–Trinajstić information content (AvgIpc) is 2.58. The molecule has 0 aliphatic heterocycles. The summed E-state index contributed by atoms with van der Waals surface area (Å²) < 4.78 is 11.1. The standard InChI is InChI=1S/C19H24N2O2S/c1-4-22-16-12-10-15(11-13-16)14(3)20-19(24)21-17-8-6-7-9-18(17)23-5-2/h6-14H,4-5H2,1-3H3,(H2,20,21,24)/t14-/m0/s1. The molecule has 128 valence electrons. The van der Waals surface area contributed by atoms with E-state index in [1.54, 1.807) is 0 Å². The fourth-order valence-electron chi connectivity index (χ4n) is 2.31. The van der Waals surface area contributed by atoms with Crippen LogP contribution in [-0.2, 0) is 0 Å². The molecule has 0 aliphatic carbocycles. The first kappa shape index (κ1) is 18.1. The Hall–Kier alpha value is -2.27. The molecule has 0 amide bonds. The highest BCUT2D eigenvalue weighted by molar-refractivity contribution is 7.80. The van der Waals surface area contributed by atoms with Gasteiger partial charge in [-0.1, -0.05) is 24.3 Å². The second kappa shape index (κ2) is 9.13. The molecule has 2 N–H and O–H groups in total. The number of thiocarbonyl (C=S) groups is 1. The second-order valence-electron chi connectivity index (χ2n) is 5.25. The lowest BCUT2D eigenvalue weighted by Crippen LogP contribution is -2.31. The summed E-state index contributed by atoms with van der Waals surface area (Å²) in [5.74, 6) is 1.66. The maximum Gasteiger partial charge on any atom is 0.171 e. The molecule has 0 spiro atoms. The van der Waals surface area contributed by atoms with Crippen LogP contribution in [0.5, 0.6) is 11.5 Å². The van der Waals surface area contributed by atoms with Gasteiger partial charge < -0.3 is 20.1 Å². The molecule has 0 fully saturated rings. The van der Waals surface area contributed by atoms with Crippen LogP contribution in [0.25, 0.3) is 0 Å². The minimum absolute atomic E-state index is 0.0833. The summed E-state index contributed by atoms with van der Waals surface area (Å²) in [6, 6.07) is 15.9. The Morgan fingerprint density at radius 2 is 1.67 bits per heavy atom. The van der Waals surface area contributed by atoms with E-state index in [1.807, 2.05) is 62.4 Å². The van der Waals surface area contributed by atoms with Crippen LogP contribution in [0.1, 0.15) is 32.4 Å². The molecule has 0 aromatic heterocycles. The zero-order chi connectivity index (χ0) is 17.4. The maximum atomic E-state index is 5.60. The van der Waals surface area contributed by atoms with Gasteiger partial charge in [0.1, 0.15) is 11.5 Å². The number of anilines is 1. The van der Waals surface area contributed by atoms with Crippen molar-refractivity contribution >= 4 is 23.0 Å². The van der Waals surface area contributed by atoms with Crippen molar-refractivity contribution in [1.29, 1.82) is 0 Å². The van der Waals surface area contributed by atoms with E-state index in [2.05, 4.69) is 17.6 Å². The van der Waals surface area contributed by atoms with E-state index < -0.39 is 0 Å². The molecule has 0 saturated heterocycles. The molecular weight excluding hydrogens is 320 g/mol. The van der Waals surface area contributed by atoms with Crippen molar-refractivity contribution in [3.63, 3.8) is 0 Å². The van der Waals surface area contributed by atoms with Gasteiger partial charge in [0.05, 0.1) is 24.9 Å². The first-order chi connectivity index (χ1) is 11.6. The Kier molecular flexibility index (Phi) is 6.88. The van der Waals surface area contributed by atoms with Gasteiger partial charge in [-0.3, -0.25) is 0 Å². The fraction of sp³-hybridized carbons (Fsp3) is 0.316. The lowest BCUT2D eigenvalue weighted by atomic mass is 10.1. The van der Waals surface area contributed by atoms with E-state index in [-0.39, 0.29) is 6.04 Å². The lowest BCUT2D eigenvalue weighted by Gasteiger charge is -2.19.